The zero-order valence-corrected chi connectivity index (χ0v) is 49.9. The lowest BCUT2D eigenvalue weighted by atomic mass is 10.0. The summed E-state index contributed by atoms with van der Waals surface area (Å²) >= 11 is 0. The molecular formula is C67H118NO8+. The number of ether oxygens (including phenoxy) is 4. The van der Waals surface area contributed by atoms with E-state index in [4.69, 9.17) is 18.9 Å². The van der Waals surface area contributed by atoms with E-state index in [1.807, 2.05) is 21.1 Å². The Hall–Kier alpha value is -3.53. The predicted molar refractivity (Wildman–Crippen MR) is 322 cm³/mol. The van der Waals surface area contributed by atoms with Gasteiger partial charge in [0.15, 0.2) is 6.10 Å². The third kappa shape index (κ3) is 58.2. The molecule has 1 N–H and O–H groups in total. The minimum Gasteiger partial charge on any atom is -0.477 e. The highest BCUT2D eigenvalue weighted by Crippen LogP contribution is 2.17. The van der Waals surface area contributed by atoms with Crippen molar-refractivity contribution < 1.29 is 42.9 Å². The van der Waals surface area contributed by atoms with Crippen LogP contribution in [0.15, 0.2) is 85.1 Å². The van der Waals surface area contributed by atoms with Gasteiger partial charge in [0.2, 0.25) is 0 Å². The van der Waals surface area contributed by atoms with Crippen molar-refractivity contribution in [2.75, 3.05) is 47.5 Å². The molecule has 0 aliphatic rings. The van der Waals surface area contributed by atoms with E-state index in [9.17, 15) is 19.5 Å². The van der Waals surface area contributed by atoms with Crippen LogP contribution in [0.3, 0.4) is 0 Å². The van der Waals surface area contributed by atoms with E-state index in [0.717, 1.165) is 89.9 Å². The first-order valence-corrected chi connectivity index (χ1v) is 31.3. The van der Waals surface area contributed by atoms with Gasteiger partial charge in [-0.05, 0) is 70.6 Å². The first-order valence-electron chi connectivity index (χ1n) is 31.3. The number of carboxylic acid groups (broad SMARTS) is 1. The molecule has 0 heterocycles. The molecule has 0 aliphatic carbocycles. The fourth-order valence-corrected chi connectivity index (χ4v) is 8.64. The van der Waals surface area contributed by atoms with Gasteiger partial charge in [-0.3, -0.25) is 9.59 Å². The monoisotopic (exact) mass is 1060 g/mol. The molecule has 0 fully saturated rings. The molecule has 0 aliphatic heterocycles. The summed E-state index contributed by atoms with van der Waals surface area (Å²) in [5.41, 5.74) is 0. The molecule has 438 valence electrons. The average Bonchev–Trinajstić information content (AvgIpc) is 3.39. The van der Waals surface area contributed by atoms with Crippen LogP contribution < -0.4 is 0 Å². The minimum absolute atomic E-state index is 0.183. The highest BCUT2D eigenvalue weighted by atomic mass is 16.7. The van der Waals surface area contributed by atoms with Crippen molar-refractivity contribution >= 4 is 17.9 Å². The lowest BCUT2D eigenvalue weighted by Crippen LogP contribution is -2.40. The number of unbranched alkanes of at least 4 members (excludes halogenated alkanes) is 28. The maximum Gasteiger partial charge on any atom is 0.361 e. The Bertz CT molecular complexity index is 1520. The SMILES string of the molecule is CC/C=C\C/C=C\C/C=C\C/C=C\C/C=C\C/C=C\C/C=C\CCCCCCCCCCCCCC(=O)OC(COC(=O)CCCCCCCCCCCCCCCCCCCC)COC(OCC[N+](C)(C)C)C(=O)O. The summed E-state index contributed by atoms with van der Waals surface area (Å²) in [5.74, 6) is -2.00. The Morgan fingerprint density at radius 2 is 0.750 bits per heavy atom. The number of quaternary nitrogens is 1. The Balaban J connectivity index is 4.18. The zero-order chi connectivity index (χ0) is 55.5. The van der Waals surface area contributed by atoms with Gasteiger partial charge in [0.1, 0.15) is 13.2 Å². The number of allylic oxidation sites excluding steroid dienone is 14. The van der Waals surface area contributed by atoms with E-state index < -0.39 is 24.3 Å². The topological polar surface area (TPSA) is 108 Å². The molecule has 0 radical (unpaired) electrons. The highest BCUT2D eigenvalue weighted by Gasteiger charge is 2.25. The molecule has 0 aromatic carbocycles. The van der Waals surface area contributed by atoms with E-state index in [1.165, 1.54) is 141 Å². The summed E-state index contributed by atoms with van der Waals surface area (Å²) < 4.78 is 22.9. The molecule has 9 nitrogen and oxygen atoms in total. The van der Waals surface area contributed by atoms with Gasteiger partial charge in [-0.1, -0.05) is 266 Å². The maximum atomic E-state index is 12.9. The smallest absolute Gasteiger partial charge is 0.361 e. The summed E-state index contributed by atoms with van der Waals surface area (Å²) in [5, 5.41) is 9.72. The van der Waals surface area contributed by atoms with Crippen LogP contribution in [0.4, 0.5) is 0 Å². The second kappa shape index (κ2) is 57.6. The molecule has 0 spiro atoms. The Morgan fingerprint density at radius 1 is 0.408 bits per heavy atom. The number of carbonyl (C=O) groups is 3. The number of rotatable bonds is 57. The second-order valence-electron chi connectivity index (χ2n) is 22.0. The Labute approximate surface area is 468 Å². The van der Waals surface area contributed by atoms with Crippen LogP contribution in [0.2, 0.25) is 0 Å². The van der Waals surface area contributed by atoms with Crippen molar-refractivity contribution in [1.82, 2.24) is 0 Å². The van der Waals surface area contributed by atoms with Crippen molar-refractivity contribution in [1.29, 1.82) is 0 Å². The number of hydrogen-bond acceptors (Lipinski definition) is 7. The zero-order valence-electron chi connectivity index (χ0n) is 49.9. The third-order valence-corrected chi connectivity index (χ3v) is 13.4. The van der Waals surface area contributed by atoms with E-state index in [1.54, 1.807) is 0 Å². The lowest BCUT2D eigenvalue weighted by Gasteiger charge is -2.25. The first-order chi connectivity index (χ1) is 37.1. The van der Waals surface area contributed by atoms with Gasteiger partial charge in [-0.2, -0.15) is 0 Å². The Morgan fingerprint density at radius 3 is 1.12 bits per heavy atom. The van der Waals surface area contributed by atoms with Crippen molar-refractivity contribution in [3.05, 3.63) is 85.1 Å². The van der Waals surface area contributed by atoms with Gasteiger partial charge < -0.3 is 28.5 Å². The van der Waals surface area contributed by atoms with Crippen LogP contribution in [0, 0.1) is 0 Å². The fraction of sp³-hybridized carbons (Fsp3) is 0.746. The molecule has 0 saturated heterocycles. The molecule has 76 heavy (non-hydrogen) atoms. The quantitative estimate of drug-likeness (QED) is 0.0211. The van der Waals surface area contributed by atoms with Crippen molar-refractivity contribution in [2.24, 2.45) is 0 Å². The molecule has 9 heteroatoms. The summed E-state index contributed by atoms with van der Waals surface area (Å²) in [6.45, 7) is 4.78. The molecule has 2 atom stereocenters. The molecule has 0 rings (SSSR count). The molecule has 0 bridgehead atoms. The summed E-state index contributed by atoms with van der Waals surface area (Å²) in [4.78, 5) is 37.5. The lowest BCUT2D eigenvalue weighted by molar-refractivity contribution is -0.870. The number of aliphatic carboxylic acids is 1. The number of esters is 2. The molecule has 0 aromatic heterocycles. The highest BCUT2D eigenvalue weighted by molar-refractivity contribution is 5.71. The summed E-state index contributed by atoms with van der Waals surface area (Å²) in [6, 6.07) is 0. The van der Waals surface area contributed by atoms with Gasteiger partial charge in [0.25, 0.3) is 6.29 Å². The predicted octanol–water partition coefficient (Wildman–Crippen LogP) is 18.7. The van der Waals surface area contributed by atoms with Crippen LogP contribution in [0.1, 0.15) is 264 Å². The van der Waals surface area contributed by atoms with E-state index in [-0.39, 0.29) is 32.2 Å². The van der Waals surface area contributed by atoms with Crippen molar-refractivity contribution in [3.8, 4) is 0 Å². The van der Waals surface area contributed by atoms with Crippen LogP contribution in [0.5, 0.6) is 0 Å². The number of likely N-dealkylation sites (N-methyl/N-ethyl adjacent to an activating group) is 1. The fourth-order valence-electron chi connectivity index (χ4n) is 8.64. The van der Waals surface area contributed by atoms with Crippen LogP contribution in [-0.4, -0.2) is 87.4 Å². The van der Waals surface area contributed by atoms with Crippen molar-refractivity contribution in [3.63, 3.8) is 0 Å². The van der Waals surface area contributed by atoms with Gasteiger partial charge >= 0.3 is 17.9 Å². The molecule has 0 saturated carbocycles. The number of carbonyl (C=O) groups excluding carboxylic acids is 2. The molecular weight excluding hydrogens is 947 g/mol. The number of hydrogen-bond donors (Lipinski definition) is 1. The van der Waals surface area contributed by atoms with E-state index >= 15 is 0 Å². The minimum atomic E-state index is -1.51. The molecule has 0 amide bonds. The van der Waals surface area contributed by atoms with Crippen LogP contribution in [-0.2, 0) is 33.3 Å². The van der Waals surface area contributed by atoms with Gasteiger partial charge in [0.05, 0.1) is 34.4 Å². The summed E-state index contributed by atoms with van der Waals surface area (Å²) in [7, 11) is 5.97. The van der Waals surface area contributed by atoms with E-state index in [2.05, 4.69) is 98.9 Å². The molecule has 0 aromatic rings. The van der Waals surface area contributed by atoms with Crippen LogP contribution >= 0.6 is 0 Å². The Kier molecular flexibility index (Phi) is 55.0. The third-order valence-electron chi connectivity index (χ3n) is 13.4. The second-order valence-corrected chi connectivity index (χ2v) is 22.0. The standard InChI is InChI=1S/C67H117NO8/c1-6-8-10-12-14-16-18-20-22-24-26-27-28-29-30-31-32-33-34-35-36-37-38-39-40-42-44-46-48-50-52-54-56-58-65(70)76-63(62-75-67(66(71)72)73-60-59-68(3,4)5)61-74-64(69)57-55-53-51-49-47-45-43-41-25-23-21-19-17-15-13-11-9-7-2/h8,10,14,16,20,22,26-27,29-30,32-33,35-36,63,67H,6-7,9,11-13,15,17-19,21,23-25,28,31,34,37-62H2,1-5H3/p+1/b10-8-,16-14-,22-20-,27-26-,30-29-,33-32-,36-35-. The molecule has 2 unspecified atom stereocenters. The summed E-state index contributed by atoms with van der Waals surface area (Å²) in [6.07, 6.45) is 73.8. The first kappa shape index (κ1) is 72.5. The largest absolute Gasteiger partial charge is 0.477 e. The van der Waals surface area contributed by atoms with Gasteiger partial charge in [0, 0.05) is 12.8 Å². The maximum absolute atomic E-state index is 12.9. The van der Waals surface area contributed by atoms with Crippen LogP contribution in [0.25, 0.3) is 0 Å². The van der Waals surface area contributed by atoms with Gasteiger partial charge in [-0.25, -0.2) is 4.79 Å². The van der Waals surface area contributed by atoms with Gasteiger partial charge in [-0.15, -0.1) is 0 Å². The number of nitrogens with zero attached hydrogens (tertiary/aromatic N) is 1. The van der Waals surface area contributed by atoms with E-state index in [0.29, 0.717) is 23.9 Å². The normalized spacial score (nSPS) is 13.3. The van der Waals surface area contributed by atoms with Crippen molar-refractivity contribution in [2.45, 2.75) is 277 Å². The average molecular weight is 1070 g/mol. The number of carboxylic acids is 1.